The van der Waals surface area contributed by atoms with Crippen molar-refractivity contribution in [2.45, 2.75) is 38.8 Å². The minimum Gasteiger partial charge on any atom is -0.467 e. The number of ether oxygens (including phenoxy) is 2. The first-order valence-electron chi connectivity index (χ1n) is 6.84. The second-order valence-electron chi connectivity index (χ2n) is 5.90. The van der Waals surface area contributed by atoms with Gasteiger partial charge in [-0.15, -0.1) is 0 Å². The fourth-order valence-corrected chi connectivity index (χ4v) is 3.06. The molecular formula is C15H20Br2N2O4. The number of alkyl carbamates (subject to hydrolysis) is 1. The third-order valence-corrected chi connectivity index (χ3v) is 4.07. The van der Waals surface area contributed by atoms with E-state index < -0.39 is 23.7 Å². The number of benzene rings is 1. The molecule has 1 amide bonds. The van der Waals surface area contributed by atoms with Crippen LogP contribution in [0.5, 0.6) is 0 Å². The maximum atomic E-state index is 11.9. The number of esters is 1. The van der Waals surface area contributed by atoms with E-state index in [1.165, 1.54) is 7.11 Å². The van der Waals surface area contributed by atoms with Gasteiger partial charge in [-0.2, -0.15) is 0 Å². The zero-order valence-electron chi connectivity index (χ0n) is 13.4. The normalized spacial score (nSPS) is 12.4. The molecule has 0 unspecified atom stereocenters. The van der Waals surface area contributed by atoms with Gasteiger partial charge < -0.3 is 20.5 Å². The minimum atomic E-state index is -0.864. The van der Waals surface area contributed by atoms with Crippen LogP contribution in [0.4, 0.5) is 10.5 Å². The molecule has 0 saturated heterocycles. The average molecular weight is 452 g/mol. The number of hydrogen-bond acceptors (Lipinski definition) is 5. The lowest BCUT2D eigenvalue weighted by Gasteiger charge is -2.22. The summed E-state index contributed by atoms with van der Waals surface area (Å²) in [4.78, 5) is 23.8. The van der Waals surface area contributed by atoms with Gasteiger partial charge in [0.2, 0.25) is 0 Å². The molecular weight excluding hydrogens is 432 g/mol. The highest BCUT2D eigenvalue weighted by atomic mass is 79.9. The summed E-state index contributed by atoms with van der Waals surface area (Å²) in [5.74, 6) is -0.556. The van der Waals surface area contributed by atoms with Crippen LogP contribution in [0, 0.1) is 0 Å². The van der Waals surface area contributed by atoms with E-state index in [1.54, 1.807) is 32.9 Å². The molecule has 8 heteroatoms. The van der Waals surface area contributed by atoms with Crippen LogP contribution in [0.3, 0.4) is 0 Å². The number of methoxy groups -OCH3 is 1. The fourth-order valence-electron chi connectivity index (χ4n) is 1.78. The third-order valence-electron chi connectivity index (χ3n) is 2.76. The molecule has 0 bridgehead atoms. The van der Waals surface area contributed by atoms with Crippen LogP contribution in [-0.2, 0) is 20.7 Å². The van der Waals surface area contributed by atoms with Gasteiger partial charge >= 0.3 is 12.1 Å². The van der Waals surface area contributed by atoms with Gasteiger partial charge in [-0.1, -0.05) is 0 Å². The van der Waals surface area contributed by atoms with E-state index in [1.807, 2.05) is 0 Å². The number of amides is 1. The second kappa shape index (κ2) is 8.01. The summed E-state index contributed by atoms with van der Waals surface area (Å²) in [6, 6.07) is 2.71. The standard InChI is InChI=1S/C15H20Br2N2O4/c1-15(2,3)23-14(21)19-11(13(20)22-4)7-8-5-9(16)12(18)10(17)6-8/h5-6,11H,7,18H2,1-4H3,(H,19,21)/t11-/m1/s1. The number of hydrogen-bond donors (Lipinski definition) is 2. The molecule has 0 radical (unpaired) electrons. The molecule has 0 aliphatic carbocycles. The van der Waals surface area contributed by atoms with Crippen molar-refractivity contribution in [1.29, 1.82) is 0 Å². The van der Waals surface area contributed by atoms with Crippen LogP contribution in [0.2, 0.25) is 0 Å². The molecule has 0 fully saturated rings. The molecule has 0 saturated carbocycles. The maximum Gasteiger partial charge on any atom is 0.408 e. The summed E-state index contributed by atoms with van der Waals surface area (Å²) in [6.07, 6.45) is -0.440. The van der Waals surface area contributed by atoms with Gasteiger partial charge in [-0.05, 0) is 70.3 Å². The lowest BCUT2D eigenvalue weighted by molar-refractivity contribution is -0.143. The van der Waals surface area contributed by atoms with Crippen LogP contribution < -0.4 is 11.1 Å². The molecule has 0 spiro atoms. The maximum absolute atomic E-state index is 11.9. The Labute approximate surface area is 152 Å². The Morgan fingerprint density at radius 3 is 2.22 bits per heavy atom. The number of anilines is 1. The summed E-state index contributed by atoms with van der Waals surface area (Å²) >= 11 is 6.70. The summed E-state index contributed by atoms with van der Waals surface area (Å²) in [5.41, 5.74) is 6.54. The monoisotopic (exact) mass is 450 g/mol. The van der Waals surface area contributed by atoms with Gasteiger partial charge in [-0.3, -0.25) is 0 Å². The molecule has 1 aromatic rings. The molecule has 0 heterocycles. The summed E-state index contributed by atoms with van der Waals surface area (Å²) < 4.78 is 11.3. The van der Waals surface area contributed by atoms with Gasteiger partial charge in [0, 0.05) is 15.4 Å². The summed E-state index contributed by atoms with van der Waals surface area (Å²) in [6.45, 7) is 5.23. The highest BCUT2D eigenvalue weighted by molar-refractivity contribution is 9.11. The molecule has 1 rings (SSSR count). The second-order valence-corrected chi connectivity index (χ2v) is 7.61. The molecule has 1 atom stereocenters. The average Bonchev–Trinajstić information content (AvgIpc) is 2.41. The SMILES string of the molecule is COC(=O)[C@@H](Cc1cc(Br)c(N)c(Br)c1)NC(=O)OC(C)(C)C. The number of nitrogens with two attached hydrogens (primary N) is 1. The first-order valence-corrected chi connectivity index (χ1v) is 8.43. The molecule has 1 aromatic carbocycles. The van der Waals surface area contributed by atoms with E-state index in [2.05, 4.69) is 37.2 Å². The van der Waals surface area contributed by atoms with E-state index in [4.69, 9.17) is 15.2 Å². The van der Waals surface area contributed by atoms with E-state index in [-0.39, 0.29) is 6.42 Å². The van der Waals surface area contributed by atoms with Crippen molar-refractivity contribution in [3.63, 3.8) is 0 Å². The van der Waals surface area contributed by atoms with Crippen LogP contribution in [0.25, 0.3) is 0 Å². The van der Waals surface area contributed by atoms with Gasteiger partial charge in [0.15, 0.2) is 0 Å². The predicted octanol–water partition coefficient (Wildman–Crippen LogP) is 3.40. The number of nitrogens with one attached hydrogen (secondary N) is 1. The van der Waals surface area contributed by atoms with Gasteiger partial charge in [0.05, 0.1) is 12.8 Å². The lowest BCUT2D eigenvalue weighted by atomic mass is 10.1. The van der Waals surface area contributed by atoms with E-state index >= 15 is 0 Å². The number of halogens is 2. The van der Waals surface area contributed by atoms with E-state index in [9.17, 15) is 9.59 Å². The first kappa shape index (κ1) is 19.8. The molecule has 23 heavy (non-hydrogen) atoms. The lowest BCUT2D eigenvalue weighted by Crippen LogP contribution is -2.45. The smallest absolute Gasteiger partial charge is 0.408 e. The first-order chi connectivity index (χ1) is 10.5. The van der Waals surface area contributed by atoms with Crippen molar-refractivity contribution in [3.05, 3.63) is 26.6 Å². The number of rotatable bonds is 4. The number of carbonyl (C=O) groups excluding carboxylic acids is 2. The summed E-state index contributed by atoms with van der Waals surface area (Å²) in [5, 5.41) is 2.53. The van der Waals surface area contributed by atoms with E-state index in [0.717, 1.165) is 5.56 Å². The Balaban J connectivity index is 2.92. The van der Waals surface area contributed by atoms with Crippen molar-refractivity contribution in [3.8, 4) is 0 Å². The molecule has 0 aliphatic heterocycles. The largest absolute Gasteiger partial charge is 0.467 e. The molecule has 3 N–H and O–H groups in total. The highest BCUT2D eigenvalue weighted by Gasteiger charge is 2.25. The minimum absolute atomic E-state index is 0.239. The van der Waals surface area contributed by atoms with Crippen LogP contribution in [0.1, 0.15) is 26.3 Å². The Morgan fingerprint density at radius 1 is 1.26 bits per heavy atom. The van der Waals surface area contributed by atoms with Crippen molar-refractivity contribution in [2.24, 2.45) is 0 Å². The highest BCUT2D eigenvalue weighted by Crippen LogP contribution is 2.30. The van der Waals surface area contributed by atoms with Gasteiger partial charge in [0.25, 0.3) is 0 Å². The zero-order chi connectivity index (χ0) is 17.8. The summed E-state index contributed by atoms with van der Waals surface area (Å²) in [7, 11) is 1.26. The molecule has 128 valence electrons. The van der Waals surface area contributed by atoms with Gasteiger partial charge in [-0.25, -0.2) is 9.59 Å². The van der Waals surface area contributed by atoms with E-state index in [0.29, 0.717) is 14.6 Å². The Kier molecular flexibility index (Phi) is 6.88. The third kappa shape index (κ3) is 6.39. The topological polar surface area (TPSA) is 90.6 Å². The fraction of sp³-hybridized carbons (Fsp3) is 0.467. The predicted molar refractivity (Wildman–Crippen MR) is 95.1 cm³/mol. The van der Waals surface area contributed by atoms with Crippen molar-refractivity contribution >= 4 is 49.6 Å². The van der Waals surface area contributed by atoms with Crippen LogP contribution >= 0.6 is 31.9 Å². The van der Waals surface area contributed by atoms with Gasteiger partial charge in [0.1, 0.15) is 11.6 Å². The molecule has 0 aromatic heterocycles. The number of carbonyl (C=O) groups is 2. The zero-order valence-corrected chi connectivity index (χ0v) is 16.6. The Bertz CT molecular complexity index is 577. The van der Waals surface area contributed by atoms with Crippen molar-refractivity contribution in [2.75, 3.05) is 12.8 Å². The molecule has 0 aliphatic rings. The van der Waals surface area contributed by atoms with Crippen molar-refractivity contribution < 1.29 is 19.1 Å². The van der Waals surface area contributed by atoms with Crippen molar-refractivity contribution in [1.82, 2.24) is 5.32 Å². The van der Waals surface area contributed by atoms with Crippen LogP contribution in [-0.4, -0.2) is 30.8 Å². The Morgan fingerprint density at radius 2 is 1.78 bits per heavy atom. The Hall–Kier alpha value is -1.28. The molecule has 6 nitrogen and oxygen atoms in total. The quantitative estimate of drug-likeness (QED) is 0.540. The van der Waals surface area contributed by atoms with Crippen LogP contribution in [0.15, 0.2) is 21.1 Å². The number of nitrogen functional groups attached to an aromatic ring is 1.